The van der Waals surface area contributed by atoms with Gasteiger partial charge in [-0.25, -0.2) is 4.98 Å². The maximum absolute atomic E-state index is 6.45. The zero-order valence-electron chi connectivity index (χ0n) is 23.3. The summed E-state index contributed by atoms with van der Waals surface area (Å²) in [6.45, 7) is 4.66. The molecule has 0 unspecified atom stereocenters. The van der Waals surface area contributed by atoms with Gasteiger partial charge in [-0.05, 0) is 77.9 Å². The van der Waals surface area contributed by atoms with E-state index in [1.807, 2.05) is 72.7 Å². The normalized spacial score (nSPS) is 13.6. The van der Waals surface area contributed by atoms with E-state index < -0.39 is 0 Å². The Morgan fingerprint density at radius 2 is 1.40 bits per heavy atom. The molecular weight excluding hydrogens is 534 g/mol. The number of fused-ring (bicyclic) bond motifs is 5. The van der Waals surface area contributed by atoms with E-state index in [4.69, 9.17) is 9.72 Å². The fourth-order valence-electron chi connectivity index (χ4n) is 6.12. The van der Waals surface area contributed by atoms with E-state index in [9.17, 15) is 0 Å². The zero-order chi connectivity index (χ0) is 28.3. The van der Waals surface area contributed by atoms with Gasteiger partial charge in [-0.3, -0.25) is 9.55 Å². The van der Waals surface area contributed by atoms with Crippen molar-refractivity contribution in [2.75, 3.05) is 0 Å². The predicted molar refractivity (Wildman–Crippen MR) is 171 cm³/mol. The number of aromatic nitrogens is 3. The fraction of sp³-hybridized carbons (Fsp3) is 0.0811. The number of hydrogen-bond acceptors (Lipinski definition) is 4. The number of ether oxygens (including phenoxy) is 1. The maximum atomic E-state index is 6.45. The Bertz CT molecular complexity index is 2120. The minimum atomic E-state index is -0.121. The van der Waals surface area contributed by atoms with Gasteiger partial charge in [-0.1, -0.05) is 68.1 Å². The van der Waals surface area contributed by atoms with Gasteiger partial charge in [-0.15, -0.1) is 0 Å². The molecule has 4 aromatic carbocycles. The smallest absolute Gasteiger partial charge is 0.137 e. The molecule has 1 aliphatic rings. The van der Waals surface area contributed by atoms with Crippen LogP contribution < -0.4 is 4.74 Å². The zero-order valence-corrected chi connectivity index (χ0v) is 24.1. The lowest BCUT2D eigenvalue weighted by molar-refractivity contribution is 0.483. The molecule has 0 bridgehead atoms. The third-order valence-corrected chi connectivity index (χ3v) is 9.34. The Morgan fingerprint density at radius 1 is 0.619 bits per heavy atom. The van der Waals surface area contributed by atoms with Crippen molar-refractivity contribution in [3.8, 4) is 28.6 Å². The van der Waals surface area contributed by atoms with Crippen LogP contribution in [0, 0.1) is 0 Å². The van der Waals surface area contributed by atoms with E-state index in [1.54, 1.807) is 0 Å². The fourth-order valence-corrected chi connectivity index (χ4v) is 7.53. The summed E-state index contributed by atoms with van der Waals surface area (Å²) in [5.41, 5.74) is 6.72. The SMILES string of the molecule is CC1(C)c2ccccc2Sc2cc3c4ccc(Oc5cccc(-c6ccccn6)c5)cc4n(-c4ccccn4)c3cc21. The lowest BCUT2D eigenvalue weighted by atomic mass is 9.77. The maximum Gasteiger partial charge on any atom is 0.137 e. The van der Waals surface area contributed by atoms with Gasteiger partial charge in [0.05, 0.1) is 16.7 Å². The Kier molecular flexibility index (Phi) is 5.69. The highest BCUT2D eigenvalue weighted by Gasteiger charge is 2.34. The number of benzene rings is 4. The van der Waals surface area contributed by atoms with Crippen LogP contribution in [0.15, 0.2) is 137 Å². The second-order valence-electron chi connectivity index (χ2n) is 11.1. The van der Waals surface area contributed by atoms with Gasteiger partial charge in [0.25, 0.3) is 0 Å². The average molecular weight is 562 g/mol. The number of nitrogens with zero attached hydrogens (tertiary/aromatic N) is 3. The number of hydrogen-bond donors (Lipinski definition) is 0. The van der Waals surface area contributed by atoms with Crippen LogP contribution in [0.1, 0.15) is 25.0 Å². The second kappa shape index (κ2) is 9.61. The van der Waals surface area contributed by atoms with Crippen molar-refractivity contribution in [1.82, 2.24) is 14.5 Å². The van der Waals surface area contributed by atoms with Crippen LogP contribution in [-0.2, 0) is 5.41 Å². The van der Waals surface area contributed by atoms with Crippen LogP contribution in [0.4, 0.5) is 0 Å². The summed E-state index contributed by atoms with van der Waals surface area (Å²) in [5.74, 6) is 2.42. The van der Waals surface area contributed by atoms with E-state index >= 15 is 0 Å². The van der Waals surface area contributed by atoms with Gasteiger partial charge in [0.1, 0.15) is 17.3 Å². The monoisotopic (exact) mass is 561 g/mol. The highest BCUT2D eigenvalue weighted by atomic mass is 32.2. The third kappa shape index (κ3) is 4.00. The van der Waals surface area contributed by atoms with E-state index in [0.717, 1.165) is 39.6 Å². The van der Waals surface area contributed by atoms with Crippen molar-refractivity contribution < 1.29 is 4.74 Å². The molecule has 0 saturated carbocycles. The van der Waals surface area contributed by atoms with Crippen LogP contribution in [0.3, 0.4) is 0 Å². The molecule has 0 amide bonds. The average Bonchev–Trinajstić information content (AvgIpc) is 3.34. The molecule has 0 atom stereocenters. The molecule has 7 aromatic rings. The van der Waals surface area contributed by atoms with Crippen molar-refractivity contribution in [2.24, 2.45) is 0 Å². The molecule has 3 aromatic heterocycles. The Balaban J connectivity index is 1.30. The molecule has 4 nitrogen and oxygen atoms in total. The molecule has 0 radical (unpaired) electrons. The molecule has 4 heterocycles. The van der Waals surface area contributed by atoms with Crippen LogP contribution in [-0.4, -0.2) is 14.5 Å². The van der Waals surface area contributed by atoms with Crippen molar-refractivity contribution in [3.05, 3.63) is 139 Å². The van der Waals surface area contributed by atoms with Crippen molar-refractivity contribution in [1.29, 1.82) is 0 Å². The first kappa shape index (κ1) is 24.9. The Morgan fingerprint density at radius 3 is 2.24 bits per heavy atom. The quantitative estimate of drug-likeness (QED) is 0.214. The molecule has 0 saturated heterocycles. The topological polar surface area (TPSA) is 39.9 Å². The molecule has 42 heavy (non-hydrogen) atoms. The molecule has 0 aliphatic carbocycles. The molecule has 0 spiro atoms. The predicted octanol–water partition coefficient (Wildman–Crippen LogP) is 9.82. The summed E-state index contributed by atoms with van der Waals surface area (Å²) in [6.07, 6.45) is 3.66. The number of rotatable bonds is 4. The molecule has 5 heteroatoms. The third-order valence-electron chi connectivity index (χ3n) is 8.20. The lowest BCUT2D eigenvalue weighted by Gasteiger charge is -2.34. The first-order chi connectivity index (χ1) is 20.6. The minimum absolute atomic E-state index is 0.121. The Labute approximate surface area is 248 Å². The van der Waals surface area contributed by atoms with Crippen LogP contribution in [0.5, 0.6) is 11.5 Å². The van der Waals surface area contributed by atoms with Gasteiger partial charge < -0.3 is 4.74 Å². The molecule has 202 valence electrons. The van der Waals surface area contributed by atoms with Crippen LogP contribution in [0.25, 0.3) is 38.9 Å². The summed E-state index contributed by atoms with van der Waals surface area (Å²) in [4.78, 5) is 11.9. The summed E-state index contributed by atoms with van der Waals surface area (Å²) in [5, 5.41) is 2.38. The molecule has 1 aliphatic heterocycles. The van der Waals surface area contributed by atoms with E-state index in [0.29, 0.717) is 0 Å². The summed E-state index contributed by atoms with van der Waals surface area (Å²) < 4.78 is 8.71. The summed E-state index contributed by atoms with van der Waals surface area (Å²) in [6, 6.07) is 39.9. The number of pyridine rings is 2. The van der Waals surface area contributed by atoms with Gasteiger partial charge in [0.15, 0.2) is 0 Å². The molecular formula is C37H27N3OS. The molecule has 8 rings (SSSR count). The molecule has 0 fully saturated rings. The standard InChI is InChI=1S/C37H27N3OS/c1-37(2)29-12-3-4-14-34(29)42-35-22-28-27-17-16-26(41-25-11-9-10-24(20-25)31-13-5-7-18-38-31)21-32(27)40(33(28)23-30(35)37)36-15-6-8-19-39-36/h3-23H,1-2H3. The second-order valence-corrected chi connectivity index (χ2v) is 12.2. The largest absolute Gasteiger partial charge is 0.457 e. The first-order valence-corrected chi connectivity index (χ1v) is 14.9. The van der Waals surface area contributed by atoms with Gasteiger partial charge in [0.2, 0.25) is 0 Å². The van der Waals surface area contributed by atoms with E-state index in [-0.39, 0.29) is 5.41 Å². The minimum Gasteiger partial charge on any atom is -0.457 e. The van der Waals surface area contributed by atoms with Gasteiger partial charge in [-0.2, -0.15) is 0 Å². The van der Waals surface area contributed by atoms with Crippen molar-refractivity contribution in [2.45, 2.75) is 29.1 Å². The van der Waals surface area contributed by atoms with E-state index in [1.165, 1.54) is 31.7 Å². The van der Waals surface area contributed by atoms with Crippen LogP contribution >= 0.6 is 11.8 Å². The Hall–Kier alpha value is -4.87. The van der Waals surface area contributed by atoms with E-state index in [2.05, 4.69) is 90.1 Å². The van der Waals surface area contributed by atoms with Gasteiger partial charge >= 0.3 is 0 Å². The highest BCUT2D eigenvalue weighted by Crippen LogP contribution is 2.51. The molecule has 0 N–H and O–H groups in total. The highest BCUT2D eigenvalue weighted by molar-refractivity contribution is 7.99. The first-order valence-electron chi connectivity index (χ1n) is 14.1. The lowest BCUT2D eigenvalue weighted by Crippen LogP contribution is -2.23. The summed E-state index contributed by atoms with van der Waals surface area (Å²) in [7, 11) is 0. The van der Waals surface area contributed by atoms with Crippen molar-refractivity contribution >= 4 is 33.6 Å². The van der Waals surface area contributed by atoms with Crippen molar-refractivity contribution in [3.63, 3.8) is 0 Å². The van der Waals surface area contributed by atoms with Crippen LogP contribution in [0.2, 0.25) is 0 Å². The summed E-state index contributed by atoms with van der Waals surface area (Å²) >= 11 is 1.86. The van der Waals surface area contributed by atoms with Gasteiger partial charge in [0, 0.05) is 50.0 Å².